The highest BCUT2D eigenvalue weighted by Crippen LogP contribution is 2.43. The van der Waals surface area contributed by atoms with E-state index in [0.29, 0.717) is 12.5 Å². The van der Waals surface area contributed by atoms with E-state index in [2.05, 4.69) is 15.1 Å². The molecule has 1 unspecified atom stereocenters. The van der Waals surface area contributed by atoms with Gasteiger partial charge in [0.1, 0.15) is 5.01 Å². The van der Waals surface area contributed by atoms with E-state index in [4.69, 9.17) is 0 Å². The standard InChI is InChI=1S/C10H15N3OS/c1-10(14)4-5-13(6-10)9-12-11-8(15-9)7-2-3-7/h7,14H,2-6H2,1H3. The van der Waals surface area contributed by atoms with Crippen LogP contribution in [0.25, 0.3) is 0 Å². The minimum Gasteiger partial charge on any atom is -0.388 e. The summed E-state index contributed by atoms with van der Waals surface area (Å²) in [4.78, 5) is 2.14. The lowest BCUT2D eigenvalue weighted by molar-refractivity contribution is 0.0839. The van der Waals surface area contributed by atoms with Crippen LogP contribution in [0, 0.1) is 0 Å². The Labute approximate surface area is 92.9 Å². The number of anilines is 1. The zero-order valence-corrected chi connectivity index (χ0v) is 9.63. The Morgan fingerprint density at radius 3 is 2.87 bits per heavy atom. The molecule has 0 bridgehead atoms. The highest BCUT2D eigenvalue weighted by molar-refractivity contribution is 7.15. The molecule has 5 heteroatoms. The summed E-state index contributed by atoms with van der Waals surface area (Å²) in [5.74, 6) is 0.680. The average Bonchev–Trinajstić information content (AvgIpc) is 2.79. The van der Waals surface area contributed by atoms with Gasteiger partial charge in [0.15, 0.2) is 0 Å². The molecule has 15 heavy (non-hydrogen) atoms. The molecule has 0 aromatic carbocycles. The number of β-amino-alcohol motifs (C(OH)–C–C–N with tert-alkyl or cyclic N) is 1. The first kappa shape index (κ1) is 9.54. The summed E-state index contributed by atoms with van der Waals surface area (Å²) in [7, 11) is 0. The lowest BCUT2D eigenvalue weighted by atomic mass is 10.1. The van der Waals surface area contributed by atoms with Crippen LogP contribution in [0.1, 0.15) is 37.1 Å². The van der Waals surface area contributed by atoms with Crippen molar-refractivity contribution in [2.45, 2.75) is 37.7 Å². The summed E-state index contributed by atoms with van der Waals surface area (Å²) < 4.78 is 0. The lowest BCUT2D eigenvalue weighted by Crippen LogP contribution is -2.29. The van der Waals surface area contributed by atoms with Crippen molar-refractivity contribution in [1.29, 1.82) is 0 Å². The lowest BCUT2D eigenvalue weighted by Gasteiger charge is -2.17. The first-order valence-electron chi connectivity index (χ1n) is 5.45. The van der Waals surface area contributed by atoms with E-state index in [0.717, 1.165) is 18.1 Å². The zero-order chi connectivity index (χ0) is 10.5. The third kappa shape index (κ3) is 1.86. The minimum atomic E-state index is -0.550. The van der Waals surface area contributed by atoms with Gasteiger partial charge >= 0.3 is 0 Å². The molecular formula is C10H15N3OS. The summed E-state index contributed by atoms with van der Waals surface area (Å²) in [6.07, 6.45) is 3.37. The summed E-state index contributed by atoms with van der Waals surface area (Å²) in [5.41, 5.74) is -0.550. The van der Waals surface area contributed by atoms with Crippen LogP contribution in [0.2, 0.25) is 0 Å². The third-order valence-electron chi connectivity index (χ3n) is 3.08. The molecule has 1 aliphatic carbocycles. The molecule has 2 aliphatic rings. The average molecular weight is 225 g/mol. The Bertz CT molecular complexity index is 372. The molecule has 0 radical (unpaired) electrons. The van der Waals surface area contributed by atoms with Gasteiger partial charge in [-0.1, -0.05) is 11.3 Å². The third-order valence-corrected chi connectivity index (χ3v) is 4.23. The van der Waals surface area contributed by atoms with Crippen molar-refractivity contribution in [2.24, 2.45) is 0 Å². The maximum absolute atomic E-state index is 9.87. The quantitative estimate of drug-likeness (QED) is 0.826. The Kier molecular flexibility index (Phi) is 2.01. The smallest absolute Gasteiger partial charge is 0.208 e. The number of nitrogens with zero attached hydrogens (tertiary/aromatic N) is 3. The summed E-state index contributed by atoms with van der Waals surface area (Å²) in [6.45, 7) is 3.47. The topological polar surface area (TPSA) is 49.2 Å². The Hall–Kier alpha value is -0.680. The van der Waals surface area contributed by atoms with Gasteiger partial charge in [-0.3, -0.25) is 0 Å². The molecule has 1 N–H and O–H groups in total. The van der Waals surface area contributed by atoms with Crippen LogP contribution in [0.4, 0.5) is 5.13 Å². The van der Waals surface area contributed by atoms with Gasteiger partial charge in [-0.05, 0) is 26.2 Å². The molecule has 1 saturated carbocycles. The van der Waals surface area contributed by atoms with Gasteiger partial charge in [0.05, 0.1) is 5.60 Å². The fraction of sp³-hybridized carbons (Fsp3) is 0.800. The summed E-state index contributed by atoms with van der Waals surface area (Å²) in [6, 6.07) is 0. The highest BCUT2D eigenvalue weighted by Gasteiger charge is 2.34. The maximum Gasteiger partial charge on any atom is 0.208 e. The molecule has 1 aromatic heterocycles. The molecular weight excluding hydrogens is 210 g/mol. The van der Waals surface area contributed by atoms with Crippen LogP contribution in [-0.4, -0.2) is 34.0 Å². The predicted octanol–water partition coefficient (Wildman–Crippen LogP) is 1.38. The number of hydrogen-bond donors (Lipinski definition) is 1. The maximum atomic E-state index is 9.87. The van der Waals surface area contributed by atoms with Gasteiger partial charge in [-0.2, -0.15) is 0 Å². The van der Waals surface area contributed by atoms with Gasteiger partial charge in [0.25, 0.3) is 0 Å². The Morgan fingerprint density at radius 1 is 1.47 bits per heavy atom. The van der Waals surface area contributed by atoms with E-state index in [1.807, 2.05) is 6.92 Å². The molecule has 4 nitrogen and oxygen atoms in total. The largest absolute Gasteiger partial charge is 0.388 e. The molecule has 2 fully saturated rings. The first-order chi connectivity index (χ1) is 7.14. The van der Waals surface area contributed by atoms with Crippen molar-refractivity contribution < 1.29 is 5.11 Å². The molecule has 0 amide bonds. The SMILES string of the molecule is CC1(O)CCN(c2nnc(C3CC3)s2)C1. The van der Waals surface area contributed by atoms with Crippen molar-refractivity contribution >= 4 is 16.5 Å². The van der Waals surface area contributed by atoms with Crippen LogP contribution in [0.3, 0.4) is 0 Å². The number of hydrogen-bond acceptors (Lipinski definition) is 5. The van der Waals surface area contributed by atoms with E-state index < -0.39 is 5.60 Å². The van der Waals surface area contributed by atoms with Gasteiger partial charge in [-0.15, -0.1) is 10.2 Å². The van der Waals surface area contributed by atoms with Gasteiger partial charge in [0, 0.05) is 19.0 Å². The van der Waals surface area contributed by atoms with Crippen molar-refractivity contribution in [2.75, 3.05) is 18.0 Å². The fourth-order valence-corrected chi connectivity index (χ4v) is 3.00. The highest BCUT2D eigenvalue weighted by atomic mass is 32.1. The monoisotopic (exact) mass is 225 g/mol. The number of rotatable bonds is 2. The van der Waals surface area contributed by atoms with Crippen LogP contribution >= 0.6 is 11.3 Å². The van der Waals surface area contributed by atoms with Crippen LogP contribution in [0.15, 0.2) is 0 Å². The second-order valence-electron chi connectivity index (χ2n) is 4.87. The molecule has 0 spiro atoms. The van der Waals surface area contributed by atoms with Crippen molar-refractivity contribution in [3.63, 3.8) is 0 Å². The van der Waals surface area contributed by atoms with Crippen LogP contribution in [-0.2, 0) is 0 Å². The van der Waals surface area contributed by atoms with E-state index >= 15 is 0 Å². The fourth-order valence-electron chi connectivity index (χ4n) is 1.96. The zero-order valence-electron chi connectivity index (χ0n) is 8.81. The molecule has 82 valence electrons. The predicted molar refractivity (Wildman–Crippen MR) is 59.3 cm³/mol. The van der Waals surface area contributed by atoms with E-state index in [-0.39, 0.29) is 0 Å². The molecule has 2 heterocycles. The number of aromatic nitrogens is 2. The number of aliphatic hydroxyl groups is 1. The summed E-state index contributed by atoms with van der Waals surface area (Å²) in [5, 5.41) is 20.5. The van der Waals surface area contributed by atoms with Crippen LogP contribution < -0.4 is 4.90 Å². The van der Waals surface area contributed by atoms with Gasteiger partial charge in [0.2, 0.25) is 5.13 Å². The van der Waals surface area contributed by atoms with E-state index in [9.17, 15) is 5.11 Å². The van der Waals surface area contributed by atoms with Gasteiger partial charge in [-0.25, -0.2) is 0 Å². The van der Waals surface area contributed by atoms with E-state index in [1.54, 1.807) is 11.3 Å². The second-order valence-corrected chi connectivity index (χ2v) is 5.85. The van der Waals surface area contributed by atoms with Crippen molar-refractivity contribution in [1.82, 2.24) is 10.2 Å². The normalized spacial score (nSPS) is 31.2. The second kappa shape index (κ2) is 3.15. The molecule has 1 atom stereocenters. The molecule has 1 aromatic rings. The van der Waals surface area contributed by atoms with E-state index in [1.165, 1.54) is 17.8 Å². The van der Waals surface area contributed by atoms with Crippen molar-refractivity contribution in [3.05, 3.63) is 5.01 Å². The Morgan fingerprint density at radius 2 is 2.27 bits per heavy atom. The summed E-state index contributed by atoms with van der Waals surface area (Å²) >= 11 is 1.69. The van der Waals surface area contributed by atoms with Crippen LogP contribution in [0.5, 0.6) is 0 Å². The minimum absolute atomic E-state index is 0.550. The van der Waals surface area contributed by atoms with Gasteiger partial charge < -0.3 is 10.0 Å². The molecule has 1 saturated heterocycles. The first-order valence-corrected chi connectivity index (χ1v) is 6.26. The van der Waals surface area contributed by atoms with Crippen molar-refractivity contribution in [3.8, 4) is 0 Å². The molecule has 3 rings (SSSR count). The Balaban J connectivity index is 1.75. The molecule has 1 aliphatic heterocycles.